The van der Waals surface area contributed by atoms with E-state index >= 15 is 0 Å². The van der Waals surface area contributed by atoms with E-state index in [1.807, 2.05) is 6.92 Å². The summed E-state index contributed by atoms with van der Waals surface area (Å²) in [6.45, 7) is 2.02. The van der Waals surface area contributed by atoms with Crippen molar-refractivity contribution in [2.24, 2.45) is 0 Å². The minimum atomic E-state index is -0.718. The second-order valence-electron chi connectivity index (χ2n) is 6.33. The molecule has 1 N–H and O–H groups in total. The number of non-ortho nitro benzene ring substituents is 1. The van der Waals surface area contributed by atoms with E-state index in [0.29, 0.717) is 18.1 Å². The van der Waals surface area contributed by atoms with Crippen molar-refractivity contribution in [2.45, 2.75) is 19.8 Å². The second-order valence-corrected chi connectivity index (χ2v) is 6.33. The summed E-state index contributed by atoms with van der Waals surface area (Å²) in [4.78, 5) is 34.7. The summed E-state index contributed by atoms with van der Waals surface area (Å²) in [6.07, 6.45) is 1.88. The third-order valence-corrected chi connectivity index (χ3v) is 4.16. The Kier molecular flexibility index (Phi) is 8.62. The van der Waals surface area contributed by atoms with Crippen molar-refractivity contribution >= 4 is 23.3 Å². The fraction of sp³-hybridized carbons (Fsp3) is 0.333. The number of carbonyl (C=O) groups is 2. The maximum Gasteiger partial charge on any atom is 0.338 e. The zero-order valence-electron chi connectivity index (χ0n) is 17.5. The van der Waals surface area contributed by atoms with Gasteiger partial charge in [0, 0.05) is 6.07 Å². The molecule has 0 unspecified atom stereocenters. The van der Waals surface area contributed by atoms with Gasteiger partial charge in [-0.15, -0.1) is 0 Å². The molecule has 0 fully saturated rings. The van der Waals surface area contributed by atoms with Crippen molar-refractivity contribution in [2.75, 3.05) is 32.8 Å². The molecule has 2 rings (SSSR count). The van der Waals surface area contributed by atoms with Crippen LogP contribution in [0.3, 0.4) is 0 Å². The van der Waals surface area contributed by atoms with Crippen LogP contribution in [-0.2, 0) is 9.53 Å². The Morgan fingerprint density at radius 1 is 1.03 bits per heavy atom. The molecule has 0 radical (unpaired) electrons. The number of benzene rings is 2. The first-order valence-corrected chi connectivity index (χ1v) is 9.49. The normalized spacial score (nSPS) is 10.2. The Morgan fingerprint density at radius 2 is 1.77 bits per heavy atom. The molecule has 0 aliphatic heterocycles. The van der Waals surface area contributed by atoms with E-state index in [-0.39, 0.29) is 22.7 Å². The van der Waals surface area contributed by atoms with Gasteiger partial charge >= 0.3 is 5.97 Å². The smallest absolute Gasteiger partial charge is 0.338 e. The number of esters is 1. The molecule has 0 bridgehead atoms. The number of unbranched alkanes of at least 4 members (excludes halogenated alkanes) is 1. The highest BCUT2D eigenvalue weighted by atomic mass is 16.6. The molecule has 0 heterocycles. The second kappa shape index (κ2) is 11.4. The molecule has 0 atom stereocenters. The molecule has 0 saturated heterocycles. The van der Waals surface area contributed by atoms with Crippen LogP contribution in [0, 0.1) is 10.1 Å². The molecule has 2 aromatic carbocycles. The van der Waals surface area contributed by atoms with Crippen molar-refractivity contribution < 1.29 is 33.5 Å². The number of nitrogens with one attached hydrogen (secondary N) is 1. The van der Waals surface area contributed by atoms with Crippen LogP contribution in [0.1, 0.15) is 30.1 Å². The van der Waals surface area contributed by atoms with Gasteiger partial charge in [-0.25, -0.2) is 4.79 Å². The monoisotopic (exact) mass is 432 g/mol. The van der Waals surface area contributed by atoms with E-state index in [9.17, 15) is 19.7 Å². The number of rotatable bonds is 11. The summed E-state index contributed by atoms with van der Waals surface area (Å²) < 4.78 is 21.0. The van der Waals surface area contributed by atoms with Gasteiger partial charge in [-0.3, -0.25) is 14.9 Å². The lowest BCUT2D eigenvalue weighted by atomic mass is 10.2. The molecule has 0 aliphatic rings. The van der Waals surface area contributed by atoms with Crippen LogP contribution in [0.4, 0.5) is 11.4 Å². The van der Waals surface area contributed by atoms with Gasteiger partial charge in [-0.2, -0.15) is 0 Å². The fourth-order valence-corrected chi connectivity index (χ4v) is 2.54. The maximum atomic E-state index is 12.3. The van der Waals surface area contributed by atoms with Crippen LogP contribution in [0.25, 0.3) is 0 Å². The van der Waals surface area contributed by atoms with Gasteiger partial charge in [-0.05, 0) is 30.7 Å². The van der Waals surface area contributed by atoms with Gasteiger partial charge in [0.15, 0.2) is 18.1 Å². The van der Waals surface area contributed by atoms with Gasteiger partial charge < -0.3 is 24.3 Å². The summed E-state index contributed by atoms with van der Waals surface area (Å²) in [5.74, 6) is -0.352. The van der Waals surface area contributed by atoms with E-state index in [1.165, 1.54) is 44.6 Å². The predicted octanol–water partition coefficient (Wildman–Crippen LogP) is 3.59. The van der Waals surface area contributed by atoms with Gasteiger partial charge in [0.05, 0.1) is 43.1 Å². The largest absolute Gasteiger partial charge is 0.494 e. The minimum absolute atomic E-state index is 0.109. The standard InChI is InChI=1S/C21H24N2O8/c1-4-5-10-30-17-9-6-14(11-19(17)29-3)21(25)31-13-20(24)22-16-8-7-15(23(26)27)12-18(16)28-2/h6-9,11-12H,4-5,10,13H2,1-3H3,(H,22,24). The number of nitro benzene ring substituents is 1. The topological polar surface area (TPSA) is 126 Å². The summed E-state index contributed by atoms with van der Waals surface area (Å²) in [5.41, 5.74) is 0.224. The number of hydrogen-bond acceptors (Lipinski definition) is 8. The van der Waals surface area contributed by atoms with Crippen LogP contribution in [0.2, 0.25) is 0 Å². The summed E-state index contributed by atoms with van der Waals surface area (Å²) in [5, 5.41) is 13.3. The van der Waals surface area contributed by atoms with Crippen molar-refractivity contribution in [1.82, 2.24) is 0 Å². The maximum absolute atomic E-state index is 12.3. The molecule has 0 spiro atoms. The van der Waals surface area contributed by atoms with Crippen LogP contribution < -0.4 is 19.5 Å². The molecule has 10 nitrogen and oxygen atoms in total. The van der Waals surface area contributed by atoms with E-state index in [2.05, 4.69) is 5.32 Å². The minimum Gasteiger partial charge on any atom is -0.494 e. The lowest BCUT2D eigenvalue weighted by Crippen LogP contribution is -2.21. The molecular weight excluding hydrogens is 408 g/mol. The van der Waals surface area contributed by atoms with Gasteiger partial charge in [-0.1, -0.05) is 13.3 Å². The Morgan fingerprint density at radius 3 is 2.42 bits per heavy atom. The average Bonchev–Trinajstić information content (AvgIpc) is 2.77. The first kappa shape index (κ1) is 23.5. The zero-order chi connectivity index (χ0) is 22.8. The van der Waals surface area contributed by atoms with Gasteiger partial charge in [0.25, 0.3) is 11.6 Å². The Hall–Kier alpha value is -3.82. The number of methoxy groups -OCH3 is 2. The van der Waals surface area contributed by atoms with Gasteiger partial charge in [0.1, 0.15) is 5.75 Å². The van der Waals surface area contributed by atoms with Gasteiger partial charge in [0.2, 0.25) is 0 Å². The number of nitrogens with zero attached hydrogens (tertiary/aromatic N) is 1. The van der Waals surface area contributed by atoms with Crippen molar-refractivity contribution in [3.05, 3.63) is 52.1 Å². The van der Waals surface area contributed by atoms with Crippen LogP contribution in [-0.4, -0.2) is 44.2 Å². The summed E-state index contributed by atoms with van der Waals surface area (Å²) in [6, 6.07) is 8.33. The summed E-state index contributed by atoms with van der Waals surface area (Å²) in [7, 11) is 2.78. The van der Waals surface area contributed by atoms with Crippen molar-refractivity contribution in [3.8, 4) is 17.2 Å². The van der Waals surface area contributed by atoms with Crippen molar-refractivity contribution in [3.63, 3.8) is 0 Å². The molecule has 0 aromatic heterocycles. The fourth-order valence-electron chi connectivity index (χ4n) is 2.54. The number of nitro groups is 1. The van der Waals surface area contributed by atoms with Crippen LogP contribution in [0.5, 0.6) is 17.2 Å². The first-order chi connectivity index (χ1) is 14.9. The van der Waals surface area contributed by atoms with Crippen LogP contribution in [0.15, 0.2) is 36.4 Å². The molecule has 1 amide bonds. The third-order valence-electron chi connectivity index (χ3n) is 4.16. The SMILES string of the molecule is CCCCOc1ccc(C(=O)OCC(=O)Nc2ccc([N+](=O)[O-])cc2OC)cc1OC. The molecule has 31 heavy (non-hydrogen) atoms. The highest BCUT2D eigenvalue weighted by Gasteiger charge is 2.16. The van der Waals surface area contributed by atoms with E-state index in [0.717, 1.165) is 12.8 Å². The lowest BCUT2D eigenvalue weighted by molar-refractivity contribution is -0.384. The third kappa shape index (κ3) is 6.59. The number of carbonyl (C=O) groups excluding carboxylic acids is 2. The lowest BCUT2D eigenvalue weighted by Gasteiger charge is -2.12. The van der Waals surface area contributed by atoms with Crippen molar-refractivity contribution in [1.29, 1.82) is 0 Å². The first-order valence-electron chi connectivity index (χ1n) is 9.49. The Bertz CT molecular complexity index is 945. The number of anilines is 1. The molecule has 2 aromatic rings. The van der Waals surface area contributed by atoms with E-state index in [1.54, 1.807) is 6.07 Å². The van der Waals surface area contributed by atoms with Crippen LogP contribution >= 0.6 is 0 Å². The summed E-state index contributed by atoms with van der Waals surface area (Å²) >= 11 is 0. The number of amides is 1. The highest BCUT2D eigenvalue weighted by molar-refractivity contribution is 5.96. The Balaban J connectivity index is 1.97. The molecule has 166 valence electrons. The molecule has 0 saturated carbocycles. The molecule has 0 aliphatic carbocycles. The highest BCUT2D eigenvalue weighted by Crippen LogP contribution is 2.30. The van der Waals surface area contributed by atoms with E-state index < -0.39 is 23.4 Å². The zero-order valence-corrected chi connectivity index (χ0v) is 17.5. The number of hydrogen-bond donors (Lipinski definition) is 1. The molecular formula is C21H24N2O8. The molecule has 10 heteroatoms. The Labute approximate surface area is 179 Å². The quantitative estimate of drug-likeness (QED) is 0.247. The predicted molar refractivity (Wildman–Crippen MR) is 112 cm³/mol. The van der Waals surface area contributed by atoms with E-state index in [4.69, 9.17) is 18.9 Å². The average molecular weight is 432 g/mol. The number of ether oxygens (including phenoxy) is 4.